The molecule has 2 aromatic carbocycles. The third kappa shape index (κ3) is 6.45. The van der Waals surface area contributed by atoms with Crippen LogP contribution in [0.1, 0.15) is 15.9 Å². The quantitative estimate of drug-likeness (QED) is 0.709. The first-order valence-corrected chi connectivity index (χ1v) is 9.23. The largest absolute Gasteiger partial charge is 0.490 e. The molecule has 1 aliphatic heterocycles. The van der Waals surface area contributed by atoms with Gasteiger partial charge in [0.05, 0.1) is 0 Å². The van der Waals surface area contributed by atoms with E-state index in [1.165, 1.54) is 9.80 Å². The van der Waals surface area contributed by atoms with E-state index in [4.69, 9.17) is 26.6 Å². The summed E-state index contributed by atoms with van der Waals surface area (Å²) in [7, 11) is 0. The van der Waals surface area contributed by atoms with Gasteiger partial charge in [0.1, 0.15) is 13.1 Å². The number of alkyl halides is 3. The molecule has 12 heteroatoms. The summed E-state index contributed by atoms with van der Waals surface area (Å²) in [6.45, 7) is -0.415. The van der Waals surface area contributed by atoms with Gasteiger partial charge in [0.2, 0.25) is 5.91 Å². The summed E-state index contributed by atoms with van der Waals surface area (Å²) < 4.78 is 31.7. The molecule has 0 aromatic heterocycles. The molecule has 0 atom stereocenters. The Kier molecular flexibility index (Phi) is 7.82. The zero-order valence-corrected chi connectivity index (χ0v) is 16.9. The predicted molar refractivity (Wildman–Crippen MR) is 106 cm³/mol. The van der Waals surface area contributed by atoms with Gasteiger partial charge >= 0.3 is 18.1 Å². The lowest BCUT2D eigenvalue weighted by Crippen LogP contribution is -2.42. The highest BCUT2D eigenvalue weighted by Gasteiger charge is 2.38. The van der Waals surface area contributed by atoms with E-state index < -0.39 is 30.6 Å². The molecule has 0 fully saturated rings. The van der Waals surface area contributed by atoms with Gasteiger partial charge in [-0.15, -0.1) is 0 Å². The molecule has 2 aromatic rings. The first-order chi connectivity index (χ1) is 14.9. The molecule has 0 saturated heterocycles. The fourth-order valence-corrected chi connectivity index (χ4v) is 2.91. The third-order valence-corrected chi connectivity index (χ3v) is 4.44. The molecule has 0 radical (unpaired) electrons. The average Bonchev–Trinajstić information content (AvgIpc) is 2.84. The van der Waals surface area contributed by atoms with Crippen molar-refractivity contribution < 1.29 is 42.6 Å². The number of carboxylic acid groups (broad SMARTS) is 2. The van der Waals surface area contributed by atoms with E-state index in [1.54, 1.807) is 48.5 Å². The molecular weight excluding hydrogens is 457 g/mol. The summed E-state index contributed by atoms with van der Waals surface area (Å²) in [5.41, 5.74) is 1.65. The number of carbonyl (C=O) groups excluding carboxylic acids is 2. The predicted octanol–water partition coefficient (Wildman–Crippen LogP) is 3.05. The topological polar surface area (TPSA) is 115 Å². The van der Waals surface area contributed by atoms with Crippen LogP contribution in [0.25, 0.3) is 0 Å². The zero-order valence-electron chi connectivity index (χ0n) is 16.2. The Bertz CT molecular complexity index is 1030. The van der Waals surface area contributed by atoms with Crippen molar-refractivity contribution in [3.63, 3.8) is 0 Å². The van der Waals surface area contributed by atoms with Crippen molar-refractivity contribution in [2.24, 2.45) is 0 Å². The van der Waals surface area contributed by atoms with Crippen molar-refractivity contribution in [2.75, 3.05) is 18.0 Å². The van der Waals surface area contributed by atoms with E-state index in [1.807, 2.05) is 0 Å². The lowest BCUT2D eigenvalue weighted by molar-refractivity contribution is -0.192. The number of nitrogens with zero attached hydrogens (tertiary/aromatic N) is 2. The van der Waals surface area contributed by atoms with Crippen molar-refractivity contribution in [1.82, 2.24) is 4.90 Å². The Morgan fingerprint density at radius 1 is 0.969 bits per heavy atom. The second-order valence-electron chi connectivity index (χ2n) is 6.47. The minimum atomic E-state index is -5.08. The number of hydrogen-bond donors (Lipinski definition) is 2. The van der Waals surface area contributed by atoms with Crippen molar-refractivity contribution in [1.29, 1.82) is 0 Å². The van der Waals surface area contributed by atoms with Gasteiger partial charge in [0.25, 0.3) is 5.91 Å². The highest BCUT2D eigenvalue weighted by molar-refractivity contribution is 6.30. The van der Waals surface area contributed by atoms with Gasteiger partial charge in [0, 0.05) is 22.8 Å². The molecule has 2 N–H and O–H groups in total. The van der Waals surface area contributed by atoms with E-state index in [9.17, 15) is 27.6 Å². The van der Waals surface area contributed by atoms with Crippen LogP contribution < -0.4 is 4.90 Å². The summed E-state index contributed by atoms with van der Waals surface area (Å²) in [5, 5.41) is 16.7. The van der Waals surface area contributed by atoms with Crippen molar-refractivity contribution in [2.45, 2.75) is 12.7 Å². The number of fused-ring (bicyclic) bond motifs is 1. The van der Waals surface area contributed by atoms with Crippen molar-refractivity contribution in [3.05, 3.63) is 64.7 Å². The Hall–Kier alpha value is -3.60. The van der Waals surface area contributed by atoms with Gasteiger partial charge in [-0.3, -0.25) is 19.3 Å². The normalized spacial score (nSPS) is 13.4. The standard InChI is InChI=1S/C18H15ClN2O4.C2HF3O2/c19-14-7-5-12(6-8-14)18(25)20-9-13-3-1-2-4-15(13)21(11-17(23)24)16(22)10-20;3-2(4,5)1(6)7/h1-8H,9-11H2,(H,23,24);(H,6,7). The fourth-order valence-electron chi connectivity index (χ4n) is 2.78. The lowest BCUT2D eigenvalue weighted by atomic mass is 10.1. The van der Waals surface area contributed by atoms with Crippen LogP contribution in [0.5, 0.6) is 0 Å². The van der Waals surface area contributed by atoms with E-state index in [2.05, 4.69) is 0 Å². The SMILES string of the molecule is O=C(O)C(F)(F)F.O=C(O)CN1C(=O)CN(C(=O)c2ccc(Cl)cc2)Cc2ccccc21. The van der Waals surface area contributed by atoms with Crippen LogP contribution in [-0.2, 0) is 20.9 Å². The van der Waals surface area contributed by atoms with Crippen LogP contribution in [0.4, 0.5) is 18.9 Å². The first kappa shape index (κ1) is 24.7. The van der Waals surface area contributed by atoms with Crippen LogP contribution in [-0.4, -0.2) is 58.1 Å². The van der Waals surface area contributed by atoms with E-state index >= 15 is 0 Å². The molecule has 32 heavy (non-hydrogen) atoms. The summed E-state index contributed by atoms with van der Waals surface area (Å²) in [6.07, 6.45) is -5.08. The number of aliphatic carboxylic acids is 2. The van der Waals surface area contributed by atoms with Crippen molar-refractivity contribution >= 4 is 41.0 Å². The summed E-state index contributed by atoms with van der Waals surface area (Å²) >= 11 is 5.84. The maximum Gasteiger partial charge on any atom is 0.490 e. The molecule has 170 valence electrons. The highest BCUT2D eigenvalue weighted by atomic mass is 35.5. The number of carboxylic acids is 2. The minimum absolute atomic E-state index is 0.191. The molecule has 1 aliphatic rings. The number of halogens is 4. The zero-order chi connectivity index (χ0) is 24.1. The van der Waals surface area contributed by atoms with Crippen LogP contribution >= 0.6 is 11.6 Å². The van der Waals surface area contributed by atoms with E-state index in [0.29, 0.717) is 16.3 Å². The second kappa shape index (κ2) is 10.1. The fraction of sp³-hybridized carbons (Fsp3) is 0.200. The monoisotopic (exact) mass is 472 g/mol. The van der Waals surface area contributed by atoms with Gasteiger partial charge in [0.15, 0.2) is 0 Å². The summed E-state index contributed by atoms with van der Waals surface area (Å²) in [5.74, 6) is -4.61. The molecular formula is C20H16ClF3N2O6. The minimum Gasteiger partial charge on any atom is -0.480 e. The summed E-state index contributed by atoms with van der Waals surface area (Å²) in [6, 6.07) is 13.4. The third-order valence-electron chi connectivity index (χ3n) is 4.19. The number of para-hydroxylation sites is 1. The number of hydrogen-bond acceptors (Lipinski definition) is 4. The Labute approximate surface area is 184 Å². The van der Waals surface area contributed by atoms with Gasteiger partial charge in [-0.2, -0.15) is 13.2 Å². The molecule has 8 nitrogen and oxygen atoms in total. The molecule has 0 aliphatic carbocycles. The average molecular weight is 473 g/mol. The molecule has 0 unspecified atom stereocenters. The Morgan fingerprint density at radius 2 is 1.53 bits per heavy atom. The molecule has 1 heterocycles. The Morgan fingerprint density at radius 3 is 2.06 bits per heavy atom. The number of carbonyl (C=O) groups is 4. The van der Waals surface area contributed by atoms with Crippen LogP contribution in [0, 0.1) is 0 Å². The van der Waals surface area contributed by atoms with Crippen LogP contribution in [0.15, 0.2) is 48.5 Å². The van der Waals surface area contributed by atoms with Crippen LogP contribution in [0.3, 0.4) is 0 Å². The smallest absolute Gasteiger partial charge is 0.480 e. The number of amides is 2. The number of rotatable bonds is 3. The van der Waals surface area contributed by atoms with Crippen molar-refractivity contribution in [3.8, 4) is 0 Å². The van der Waals surface area contributed by atoms with Gasteiger partial charge in [-0.05, 0) is 35.9 Å². The molecule has 2 amide bonds. The maximum atomic E-state index is 12.7. The number of benzene rings is 2. The van der Waals surface area contributed by atoms with Gasteiger partial charge in [-0.25, -0.2) is 4.79 Å². The lowest BCUT2D eigenvalue weighted by Gasteiger charge is -2.21. The van der Waals surface area contributed by atoms with Crippen LogP contribution in [0.2, 0.25) is 5.02 Å². The van der Waals surface area contributed by atoms with Gasteiger partial charge in [-0.1, -0.05) is 29.8 Å². The number of anilines is 1. The molecule has 0 bridgehead atoms. The van der Waals surface area contributed by atoms with E-state index in [0.717, 1.165) is 5.56 Å². The Balaban J connectivity index is 0.000000451. The summed E-state index contributed by atoms with van der Waals surface area (Å²) in [4.78, 5) is 47.9. The first-order valence-electron chi connectivity index (χ1n) is 8.85. The molecule has 0 spiro atoms. The maximum absolute atomic E-state index is 12.7. The molecule has 3 rings (SSSR count). The second-order valence-corrected chi connectivity index (χ2v) is 6.91. The highest BCUT2D eigenvalue weighted by Crippen LogP contribution is 2.26. The van der Waals surface area contributed by atoms with Gasteiger partial charge < -0.3 is 15.1 Å². The molecule has 0 saturated carbocycles. The van der Waals surface area contributed by atoms with E-state index in [-0.39, 0.29) is 19.0 Å².